The number of carbonyl (C=O) groups is 1. The summed E-state index contributed by atoms with van der Waals surface area (Å²) in [6, 6.07) is 9.29. The fourth-order valence-corrected chi connectivity index (χ4v) is 0.852. The third-order valence-corrected chi connectivity index (χ3v) is 1.58. The van der Waals surface area contributed by atoms with Gasteiger partial charge in [0.05, 0.1) is 0 Å². The molecule has 0 heterocycles. The molecule has 0 amide bonds. The lowest BCUT2D eigenvalue weighted by Crippen LogP contribution is -2.12. The lowest BCUT2D eigenvalue weighted by atomic mass is 10.2. The average Bonchev–Trinajstić information content (AvgIpc) is 2.26. The number of hydrogen-bond acceptors (Lipinski definition) is 4. The Morgan fingerprint density at radius 3 is 2.57 bits per heavy atom. The summed E-state index contributed by atoms with van der Waals surface area (Å²) in [5, 5.41) is 0. The van der Waals surface area contributed by atoms with Crippen LogP contribution in [0.4, 0.5) is 0 Å². The number of benzene rings is 1. The van der Waals surface area contributed by atoms with Gasteiger partial charge in [0, 0.05) is 0 Å². The van der Waals surface area contributed by atoms with E-state index in [1.54, 1.807) is 0 Å². The second kappa shape index (κ2) is 5.04. The molecule has 1 rings (SSSR count). The van der Waals surface area contributed by atoms with Crippen molar-refractivity contribution in [1.82, 2.24) is 0 Å². The van der Waals surface area contributed by atoms with Gasteiger partial charge in [-0.05, 0) is 12.1 Å². The lowest BCUT2D eigenvalue weighted by Gasteiger charge is -2.04. The van der Waals surface area contributed by atoms with E-state index in [0.29, 0.717) is 0 Å². The van der Waals surface area contributed by atoms with Crippen molar-refractivity contribution in [2.24, 2.45) is 5.90 Å². The van der Waals surface area contributed by atoms with E-state index in [2.05, 4.69) is 11.4 Å². The molecule has 0 radical (unpaired) electrons. The summed E-state index contributed by atoms with van der Waals surface area (Å²) in [4.78, 5) is 15.2. The van der Waals surface area contributed by atoms with E-state index < -0.39 is 5.97 Å². The highest BCUT2D eigenvalue weighted by atomic mass is 16.6. The van der Waals surface area contributed by atoms with Crippen LogP contribution in [0, 0.1) is 0 Å². The molecular formula is C10H11NO3. The molecule has 0 saturated heterocycles. The monoisotopic (exact) mass is 193 g/mol. The van der Waals surface area contributed by atoms with Crippen LogP contribution in [0.3, 0.4) is 0 Å². The van der Waals surface area contributed by atoms with E-state index in [1.807, 2.05) is 30.3 Å². The van der Waals surface area contributed by atoms with Gasteiger partial charge >= 0.3 is 5.97 Å². The van der Waals surface area contributed by atoms with Crippen molar-refractivity contribution in [3.63, 3.8) is 0 Å². The van der Waals surface area contributed by atoms with E-state index in [9.17, 15) is 4.79 Å². The summed E-state index contributed by atoms with van der Waals surface area (Å²) < 4.78 is 4.84. The fraction of sp³-hybridized carbons (Fsp3) is 0.100. The van der Waals surface area contributed by atoms with E-state index in [-0.39, 0.29) is 12.4 Å². The minimum Gasteiger partial charge on any atom is -0.455 e. The Morgan fingerprint density at radius 1 is 1.36 bits per heavy atom. The van der Waals surface area contributed by atoms with Gasteiger partial charge in [-0.15, -0.1) is 0 Å². The van der Waals surface area contributed by atoms with Crippen molar-refractivity contribution in [3.8, 4) is 0 Å². The first-order valence-electron chi connectivity index (χ1n) is 4.00. The molecule has 0 aliphatic carbocycles. The maximum absolute atomic E-state index is 11.0. The molecule has 0 aromatic heterocycles. The Kier molecular flexibility index (Phi) is 3.69. The van der Waals surface area contributed by atoms with Crippen LogP contribution in [0.2, 0.25) is 0 Å². The van der Waals surface area contributed by atoms with Gasteiger partial charge in [-0.25, -0.2) is 4.79 Å². The Balaban J connectivity index is 2.42. The molecule has 4 nitrogen and oxygen atoms in total. The van der Waals surface area contributed by atoms with Crippen LogP contribution < -0.4 is 5.90 Å². The maximum Gasteiger partial charge on any atom is 0.375 e. The van der Waals surface area contributed by atoms with Gasteiger partial charge in [-0.3, -0.25) is 0 Å². The molecule has 0 unspecified atom stereocenters. The number of ether oxygens (including phenoxy) is 1. The second-order valence-electron chi connectivity index (χ2n) is 2.60. The van der Waals surface area contributed by atoms with Gasteiger partial charge in [0.15, 0.2) is 0 Å². The third kappa shape index (κ3) is 2.91. The van der Waals surface area contributed by atoms with E-state index in [1.165, 1.54) is 0 Å². The molecule has 1 aromatic rings. The molecule has 0 fully saturated rings. The largest absolute Gasteiger partial charge is 0.455 e. The van der Waals surface area contributed by atoms with E-state index in [0.717, 1.165) is 5.56 Å². The van der Waals surface area contributed by atoms with Crippen LogP contribution in [0.15, 0.2) is 42.7 Å². The quantitative estimate of drug-likeness (QED) is 0.337. The number of rotatable bonds is 4. The fourth-order valence-electron chi connectivity index (χ4n) is 0.852. The Labute approximate surface area is 81.9 Å². The lowest BCUT2D eigenvalue weighted by molar-refractivity contribution is -0.144. The van der Waals surface area contributed by atoms with Crippen LogP contribution in [0.25, 0.3) is 0 Å². The predicted octanol–water partition coefficient (Wildman–Crippen LogP) is 1.13. The minimum absolute atomic E-state index is 0.183. The van der Waals surface area contributed by atoms with Crippen LogP contribution in [-0.4, -0.2) is 5.97 Å². The van der Waals surface area contributed by atoms with Crippen molar-refractivity contribution in [2.45, 2.75) is 6.61 Å². The molecule has 0 aliphatic rings. The van der Waals surface area contributed by atoms with Crippen molar-refractivity contribution < 1.29 is 14.4 Å². The van der Waals surface area contributed by atoms with Gasteiger partial charge in [0.25, 0.3) is 0 Å². The Bertz CT molecular complexity index is 321. The number of nitrogens with two attached hydrogens (primary N) is 1. The van der Waals surface area contributed by atoms with Gasteiger partial charge in [0.2, 0.25) is 5.76 Å². The highest BCUT2D eigenvalue weighted by molar-refractivity contribution is 5.85. The second-order valence-corrected chi connectivity index (χ2v) is 2.60. The zero-order valence-electron chi connectivity index (χ0n) is 7.60. The standard InChI is InChI=1S/C10H11NO3/c1-8(14-11)10(12)13-7-9-5-3-2-4-6-9/h2-6H,1,7,11H2. The SMILES string of the molecule is C=C(ON)C(=O)OCc1ccccc1. The molecule has 2 N–H and O–H groups in total. The minimum atomic E-state index is -0.656. The summed E-state index contributed by atoms with van der Waals surface area (Å²) in [6.07, 6.45) is 0. The molecule has 0 saturated carbocycles. The van der Waals surface area contributed by atoms with Gasteiger partial charge in [-0.2, -0.15) is 5.90 Å². The highest BCUT2D eigenvalue weighted by Crippen LogP contribution is 2.02. The zero-order valence-corrected chi connectivity index (χ0v) is 7.60. The molecular weight excluding hydrogens is 182 g/mol. The molecule has 0 atom stereocenters. The first-order valence-corrected chi connectivity index (χ1v) is 4.00. The Morgan fingerprint density at radius 2 is 2.00 bits per heavy atom. The molecule has 0 bridgehead atoms. The molecule has 1 aromatic carbocycles. The molecule has 4 heteroatoms. The van der Waals surface area contributed by atoms with Gasteiger partial charge in [0.1, 0.15) is 6.61 Å². The van der Waals surface area contributed by atoms with Crippen LogP contribution >= 0.6 is 0 Å². The summed E-state index contributed by atoms with van der Waals surface area (Å²) >= 11 is 0. The van der Waals surface area contributed by atoms with Crippen molar-refractivity contribution >= 4 is 5.97 Å². The average molecular weight is 193 g/mol. The zero-order chi connectivity index (χ0) is 10.4. The normalized spacial score (nSPS) is 9.21. The molecule has 0 spiro atoms. The number of carbonyl (C=O) groups excluding carboxylic acids is 1. The topological polar surface area (TPSA) is 61.5 Å². The van der Waals surface area contributed by atoms with Gasteiger partial charge in [-0.1, -0.05) is 30.3 Å². The maximum atomic E-state index is 11.0. The number of esters is 1. The highest BCUT2D eigenvalue weighted by Gasteiger charge is 2.08. The van der Waals surface area contributed by atoms with Crippen LogP contribution in [0.1, 0.15) is 5.56 Å². The molecule has 0 aliphatic heterocycles. The third-order valence-electron chi connectivity index (χ3n) is 1.58. The van der Waals surface area contributed by atoms with Crippen LogP contribution in [0.5, 0.6) is 0 Å². The summed E-state index contributed by atoms with van der Waals surface area (Å²) in [6.45, 7) is 3.45. The van der Waals surface area contributed by atoms with Crippen molar-refractivity contribution in [2.75, 3.05) is 0 Å². The molecule has 74 valence electrons. The first-order chi connectivity index (χ1) is 6.74. The predicted molar refractivity (Wildman–Crippen MR) is 50.7 cm³/mol. The van der Waals surface area contributed by atoms with Crippen molar-refractivity contribution in [3.05, 3.63) is 48.2 Å². The van der Waals surface area contributed by atoms with E-state index in [4.69, 9.17) is 10.6 Å². The van der Waals surface area contributed by atoms with E-state index >= 15 is 0 Å². The number of hydrogen-bond donors (Lipinski definition) is 1. The summed E-state index contributed by atoms with van der Waals surface area (Å²) in [7, 11) is 0. The first kappa shape index (κ1) is 10.3. The summed E-state index contributed by atoms with van der Waals surface area (Å²) in [5.74, 6) is 3.88. The van der Waals surface area contributed by atoms with Crippen LogP contribution in [-0.2, 0) is 21.0 Å². The summed E-state index contributed by atoms with van der Waals surface area (Å²) in [5.41, 5.74) is 0.894. The molecule has 14 heavy (non-hydrogen) atoms. The Hall–Kier alpha value is -1.81. The smallest absolute Gasteiger partial charge is 0.375 e. The van der Waals surface area contributed by atoms with Crippen molar-refractivity contribution in [1.29, 1.82) is 0 Å². The van der Waals surface area contributed by atoms with Gasteiger partial charge < -0.3 is 9.57 Å².